The van der Waals surface area contributed by atoms with E-state index in [1.54, 1.807) is 12.1 Å². The maximum Gasteiger partial charge on any atom is 0.386 e. The van der Waals surface area contributed by atoms with Gasteiger partial charge in [0, 0.05) is 0 Å². The maximum absolute atomic E-state index is 10.8. The molecule has 0 amide bonds. The zero-order chi connectivity index (χ0) is 11.8. The first-order valence-electron chi connectivity index (χ1n) is 5.75. The molecule has 3 atom stereocenters. The van der Waals surface area contributed by atoms with Crippen LogP contribution in [0.5, 0.6) is 0 Å². The lowest BCUT2D eigenvalue weighted by molar-refractivity contribution is -0.388. The number of fused-ring (bicyclic) bond motifs is 2. The van der Waals surface area contributed by atoms with Gasteiger partial charge < -0.3 is 20.2 Å². The molecular weight excluding hydrogens is 222 g/mol. The Hall–Kier alpha value is -1.69. The first-order valence-corrected chi connectivity index (χ1v) is 5.75. The fourth-order valence-electron chi connectivity index (χ4n) is 2.64. The molecule has 0 aliphatic carbocycles. The molecule has 0 radical (unpaired) electrons. The smallest absolute Gasteiger partial charge is 0.373 e. The first kappa shape index (κ1) is 10.5. The number of pyridine rings is 1. The predicted octanol–water partition coefficient (Wildman–Crippen LogP) is 1.72. The Kier molecular flexibility index (Phi) is 2.44. The van der Waals surface area contributed by atoms with Crippen LogP contribution in [0.2, 0.25) is 0 Å². The number of hydrogen-bond donors (Lipinski definition) is 1. The molecule has 90 valence electrons. The van der Waals surface area contributed by atoms with Crippen LogP contribution in [-0.2, 0) is 4.74 Å². The normalized spacial score (nSPS) is 30.5. The van der Waals surface area contributed by atoms with Crippen molar-refractivity contribution in [2.45, 2.75) is 37.5 Å². The second-order valence-corrected chi connectivity index (χ2v) is 4.49. The number of rotatable bonds is 3. The zero-order valence-electron chi connectivity index (χ0n) is 9.20. The minimum absolute atomic E-state index is 0.115. The van der Waals surface area contributed by atoms with Crippen LogP contribution in [0.25, 0.3) is 0 Å². The van der Waals surface area contributed by atoms with E-state index >= 15 is 0 Å². The van der Waals surface area contributed by atoms with E-state index in [0.717, 1.165) is 19.3 Å². The van der Waals surface area contributed by atoms with Crippen LogP contribution in [0.3, 0.4) is 0 Å². The number of ether oxygens (including phenoxy) is 1. The van der Waals surface area contributed by atoms with Crippen molar-refractivity contribution in [2.24, 2.45) is 0 Å². The average Bonchev–Trinajstić information content (AvgIpc) is 2.91. The number of hydrogen-bond acceptors (Lipinski definition) is 5. The van der Waals surface area contributed by atoms with Crippen LogP contribution in [0.1, 0.15) is 19.3 Å². The number of nitrogens with zero attached hydrogens (tertiary/aromatic N) is 2. The lowest BCUT2D eigenvalue weighted by Gasteiger charge is -2.20. The molecule has 2 saturated heterocycles. The standard InChI is InChI=1S/C11H13N3O3/c15-14(16)11-8(2-1-5-12-11)13-9-6-7-3-4-10(9)17-7/h1-2,5,7,9-10,13H,3-4,6H2. The van der Waals surface area contributed by atoms with E-state index in [0.29, 0.717) is 11.8 Å². The third-order valence-corrected chi connectivity index (χ3v) is 3.41. The largest absolute Gasteiger partial charge is 0.386 e. The molecule has 3 heterocycles. The summed E-state index contributed by atoms with van der Waals surface area (Å²) in [5.74, 6) is -0.115. The summed E-state index contributed by atoms with van der Waals surface area (Å²) in [5.41, 5.74) is 0.485. The van der Waals surface area contributed by atoms with Gasteiger partial charge in [0.05, 0.1) is 18.2 Å². The summed E-state index contributed by atoms with van der Waals surface area (Å²) in [6.07, 6.45) is 5.03. The van der Waals surface area contributed by atoms with Crippen LogP contribution >= 0.6 is 0 Å². The number of anilines is 1. The SMILES string of the molecule is O=[N+]([O-])c1ncccc1NC1CC2CCC1O2. The lowest BCUT2D eigenvalue weighted by atomic mass is 9.95. The van der Waals surface area contributed by atoms with Gasteiger partial charge in [-0.15, -0.1) is 0 Å². The highest BCUT2D eigenvalue weighted by Crippen LogP contribution is 2.36. The Balaban J connectivity index is 1.79. The second-order valence-electron chi connectivity index (χ2n) is 4.49. The quantitative estimate of drug-likeness (QED) is 0.637. The highest BCUT2D eigenvalue weighted by Gasteiger charge is 2.41. The van der Waals surface area contributed by atoms with Gasteiger partial charge in [-0.25, -0.2) is 0 Å². The summed E-state index contributed by atoms with van der Waals surface area (Å²) in [6.45, 7) is 0. The predicted molar refractivity (Wildman–Crippen MR) is 60.8 cm³/mol. The van der Waals surface area contributed by atoms with Crippen molar-refractivity contribution in [2.75, 3.05) is 5.32 Å². The highest BCUT2D eigenvalue weighted by atomic mass is 16.6. The molecule has 0 aromatic carbocycles. The van der Waals surface area contributed by atoms with Crippen LogP contribution in [-0.4, -0.2) is 28.2 Å². The summed E-state index contributed by atoms with van der Waals surface area (Å²) in [7, 11) is 0. The monoisotopic (exact) mass is 235 g/mol. The fraction of sp³-hybridized carbons (Fsp3) is 0.545. The van der Waals surface area contributed by atoms with Gasteiger partial charge >= 0.3 is 5.82 Å². The van der Waals surface area contributed by atoms with E-state index < -0.39 is 4.92 Å². The van der Waals surface area contributed by atoms with Gasteiger partial charge in [-0.05, 0) is 41.3 Å². The molecule has 3 rings (SSSR count). The molecule has 17 heavy (non-hydrogen) atoms. The molecule has 1 N–H and O–H groups in total. The number of nitro groups is 1. The highest BCUT2D eigenvalue weighted by molar-refractivity contribution is 5.57. The van der Waals surface area contributed by atoms with Crippen molar-refractivity contribution in [1.82, 2.24) is 4.98 Å². The van der Waals surface area contributed by atoms with E-state index in [9.17, 15) is 10.1 Å². The van der Waals surface area contributed by atoms with Gasteiger partial charge in [0.1, 0.15) is 11.9 Å². The molecule has 2 aliphatic heterocycles. The van der Waals surface area contributed by atoms with Gasteiger partial charge in [-0.1, -0.05) is 0 Å². The average molecular weight is 235 g/mol. The van der Waals surface area contributed by atoms with Crippen molar-refractivity contribution in [3.8, 4) is 0 Å². The molecule has 0 spiro atoms. The molecule has 2 bridgehead atoms. The summed E-state index contributed by atoms with van der Waals surface area (Å²) in [5, 5.41) is 14.0. The zero-order valence-corrected chi connectivity index (χ0v) is 9.20. The maximum atomic E-state index is 10.8. The third kappa shape index (κ3) is 1.84. The Morgan fingerprint density at radius 1 is 1.53 bits per heavy atom. The Morgan fingerprint density at radius 3 is 3.06 bits per heavy atom. The molecule has 3 unspecified atom stereocenters. The minimum Gasteiger partial charge on any atom is -0.373 e. The van der Waals surface area contributed by atoms with Gasteiger partial charge in [-0.3, -0.25) is 0 Å². The van der Waals surface area contributed by atoms with Crippen molar-refractivity contribution in [1.29, 1.82) is 0 Å². The van der Waals surface area contributed by atoms with Gasteiger partial charge in [0.15, 0.2) is 0 Å². The van der Waals surface area contributed by atoms with Gasteiger partial charge in [-0.2, -0.15) is 0 Å². The summed E-state index contributed by atoms with van der Waals surface area (Å²) in [6, 6.07) is 3.57. The van der Waals surface area contributed by atoms with Crippen molar-refractivity contribution >= 4 is 11.5 Å². The van der Waals surface area contributed by atoms with Crippen molar-refractivity contribution in [3.63, 3.8) is 0 Å². The third-order valence-electron chi connectivity index (χ3n) is 3.41. The topological polar surface area (TPSA) is 77.3 Å². The summed E-state index contributed by atoms with van der Waals surface area (Å²) >= 11 is 0. The van der Waals surface area contributed by atoms with E-state index in [2.05, 4.69) is 10.3 Å². The Bertz CT molecular complexity index is 451. The van der Waals surface area contributed by atoms with Crippen molar-refractivity contribution in [3.05, 3.63) is 28.4 Å². The molecule has 6 nitrogen and oxygen atoms in total. The van der Waals surface area contributed by atoms with Crippen LogP contribution in [0, 0.1) is 10.1 Å². The minimum atomic E-state index is -0.462. The van der Waals surface area contributed by atoms with Crippen LogP contribution in [0.15, 0.2) is 18.3 Å². The van der Waals surface area contributed by atoms with Crippen molar-refractivity contribution < 1.29 is 9.66 Å². The molecule has 6 heteroatoms. The van der Waals surface area contributed by atoms with E-state index in [1.165, 1.54) is 6.20 Å². The second kappa shape index (κ2) is 3.96. The molecule has 0 saturated carbocycles. The van der Waals surface area contributed by atoms with E-state index in [4.69, 9.17) is 4.74 Å². The molecule has 2 fully saturated rings. The van der Waals surface area contributed by atoms with Crippen LogP contribution in [0.4, 0.5) is 11.5 Å². The van der Waals surface area contributed by atoms with E-state index in [1.807, 2.05) is 0 Å². The Morgan fingerprint density at radius 2 is 2.41 bits per heavy atom. The first-order chi connectivity index (χ1) is 8.24. The molecule has 2 aliphatic rings. The lowest BCUT2D eigenvalue weighted by Crippen LogP contribution is -2.30. The fourth-order valence-corrected chi connectivity index (χ4v) is 2.64. The van der Waals surface area contributed by atoms with Crippen LogP contribution < -0.4 is 5.32 Å². The summed E-state index contributed by atoms with van der Waals surface area (Å²) in [4.78, 5) is 14.1. The van der Waals surface area contributed by atoms with E-state index in [-0.39, 0.29) is 18.0 Å². The summed E-state index contributed by atoms with van der Waals surface area (Å²) < 4.78 is 5.70. The molecule has 1 aromatic heterocycles. The Labute approximate surface area is 98.1 Å². The number of nitrogens with one attached hydrogen (secondary N) is 1. The van der Waals surface area contributed by atoms with Gasteiger partial charge in [0.2, 0.25) is 0 Å². The van der Waals surface area contributed by atoms with Gasteiger partial charge in [0.25, 0.3) is 0 Å². The molecular formula is C11H13N3O3. The molecule has 1 aromatic rings. The number of aromatic nitrogens is 1.